The summed E-state index contributed by atoms with van der Waals surface area (Å²) in [7, 11) is 0. The third-order valence-corrected chi connectivity index (χ3v) is 4.62. The van der Waals surface area contributed by atoms with Crippen LogP contribution in [0.2, 0.25) is 0 Å². The number of rotatable bonds is 5. The summed E-state index contributed by atoms with van der Waals surface area (Å²) in [5.41, 5.74) is 4.10. The van der Waals surface area contributed by atoms with Gasteiger partial charge in [0.15, 0.2) is 0 Å². The molecule has 0 unspecified atom stereocenters. The normalized spacial score (nSPS) is 18.3. The van der Waals surface area contributed by atoms with E-state index in [0.717, 1.165) is 19.6 Å². The van der Waals surface area contributed by atoms with Gasteiger partial charge < -0.3 is 5.32 Å². The predicted octanol–water partition coefficient (Wildman–Crippen LogP) is 3.93. The fraction of sp³-hybridized carbons (Fsp3) is 0.400. The van der Waals surface area contributed by atoms with Gasteiger partial charge in [0.1, 0.15) is 0 Å². The number of nitrogens with zero attached hydrogens (tertiary/aromatic N) is 1. The zero-order valence-corrected chi connectivity index (χ0v) is 13.6. The smallest absolute Gasteiger partial charge is 0.0246 e. The maximum absolute atomic E-state index is 3.50. The first-order chi connectivity index (χ1) is 10.8. The highest BCUT2D eigenvalue weighted by molar-refractivity contribution is 5.67. The van der Waals surface area contributed by atoms with Crippen LogP contribution in [0.1, 0.15) is 25.8 Å². The molecule has 116 valence electrons. The van der Waals surface area contributed by atoms with Crippen LogP contribution in [0.25, 0.3) is 11.1 Å². The summed E-state index contributed by atoms with van der Waals surface area (Å²) in [6, 6.07) is 20.8. The highest BCUT2D eigenvalue weighted by Crippen LogP contribution is 2.26. The number of benzene rings is 2. The average molecular weight is 294 g/mol. The summed E-state index contributed by atoms with van der Waals surface area (Å²) in [5.74, 6) is 0. The zero-order chi connectivity index (χ0) is 15.4. The van der Waals surface area contributed by atoms with Gasteiger partial charge >= 0.3 is 0 Å². The largest absolute Gasteiger partial charge is 0.315 e. The second-order valence-electron chi connectivity index (χ2n) is 6.44. The van der Waals surface area contributed by atoms with Crippen molar-refractivity contribution >= 4 is 0 Å². The van der Waals surface area contributed by atoms with Gasteiger partial charge in [-0.25, -0.2) is 0 Å². The number of nitrogens with one attached hydrogen (secondary N) is 1. The van der Waals surface area contributed by atoms with Crippen LogP contribution in [0.15, 0.2) is 54.6 Å². The monoisotopic (exact) mass is 294 g/mol. The Morgan fingerprint density at radius 2 is 1.77 bits per heavy atom. The Labute approximate surface area is 134 Å². The molecule has 2 nitrogen and oxygen atoms in total. The molecular weight excluding hydrogens is 268 g/mol. The Balaban J connectivity index is 1.88. The third kappa shape index (κ3) is 3.40. The molecule has 1 N–H and O–H groups in total. The van der Waals surface area contributed by atoms with Crippen molar-refractivity contribution in [3.05, 3.63) is 60.2 Å². The van der Waals surface area contributed by atoms with Gasteiger partial charge in [-0.1, -0.05) is 54.6 Å². The lowest BCUT2D eigenvalue weighted by Gasteiger charge is -2.33. The topological polar surface area (TPSA) is 15.3 Å². The molecule has 0 bridgehead atoms. The summed E-state index contributed by atoms with van der Waals surface area (Å²) < 4.78 is 0. The number of hydrogen-bond acceptors (Lipinski definition) is 2. The lowest BCUT2D eigenvalue weighted by molar-refractivity contribution is 0.154. The van der Waals surface area contributed by atoms with Crippen LogP contribution in [0.5, 0.6) is 0 Å². The lowest BCUT2D eigenvalue weighted by atomic mass is 9.98. The summed E-state index contributed by atoms with van der Waals surface area (Å²) in [6.45, 7) is 7.90. The minimum atomic E-state index is 0.564. The molecule has 0 aromatic heterocycles. The highest BCUT2D eigenvalue weighted by Gasteiger charge is 2.25. The molecule has 0 saturated carbocycles. The first-order valence-corrected chi connectivity index (χ1v) is 8.35. The van der Waals surface area contributed by atoms with Gasteiger partial charge in [0.25, 0.3) is 0 Å². The SMILES string of the molecule is CC(C)N(Cc1ccccc1-c1ccccc1)[C@H]1CCNC1. The fourth-order valence-corrected chi connectivity index (χ4v) is 3.41. The molecule has 1 saturated heterocycles. The van der Waals surface area contributed by atoms with Crippen LogP contribution in [0.4, 0.5) is 0 Å². The Morgan fingerprint density at radius 3 is 2.45 bits per heavy atom. The van der Waals surface area contributed by atoms with Crippen molar-refractivity contribution in [2.45, 2.75) is 38.9 Å². The maximum Gasteiger partial charge on any atom is 0.0246 e. The van der Waals surface area contributed by atoms with Gasteiger partial charge in [0.2, 0.25) is 0 Å². The lowest BCUT2D eigenvalue weighted by Crippen LogP contribution is -2.41. The van der Waals surface area contributed by atoms with Crippen molar-refractivity contribution in [2.24, 2.45) is 0 Å². The van der Waals surface area contributed by atoms with Crippen molar-refractivity contribution in [1.29, 1.82) is 0 Å². The molecule has 22 heavy (non-hydrogen) atoms. The summed E-state index contributed by atoms with van der Waals surface area (Å²) >= 11 is 0. The molecular formula is C20H26N2. The molecule has 3 rings (SSSR count). The van der Waals surface area contributed by atoms with Crippen LogP contribution in [0.3, 0.4) is 0 Å². The molecule has 1 fully saturated rings. The van der Waals surface area contributed by atoms with Gasteiger partial charge in [-0.05, 0) is 43.5 Å². The van der Waals surface area contributed by atoms with E-state index in [9.17, 15) is 0 Å². The zero-order valence-electron chi connectivity index (χ0n) is 13.6. The van der Waals surface area contributed by atoms with Gasteiger partial charge in [-0.3, -0.25) is 4.90 Å². The van der Waals surface area contributed by atoms with E-state index in [2.05, 4.69) is 78.7 Å². The van der Waals surface area contributed by atoms with Gasteiger partial charge in [-0.15, -0.1) is 0 Å². The van der Waals surface area contributed by atoms with Crippen LogP contribution >= 0.6 is 0 Å². The van der Waals surface area contributed by atoms with Gasteiger partial charge in [0.05, 0.1) is 0 Å². The fourth-order valence-electron chi connectivity index (χ4n) is 3.41. The number of hydrogen-bond donors (Lipinski definition) is 1. The van der Waals surface area contributed by atoms with E-state index in [4.69, 9.17) is 0 Å². The van der Waals surface area contributed by atoms with Crippen molar-refractivity contribution in [3.63, 3.8) is 0 Å². The molecule has 2 aromatic rings. The van der Waals surface area contributed by atoms with E-state index in [1.54, 1.807) is 0 Å². The summed E-state index contributed by atoms with van der Waals surface area (Å²) in [5, 5.41) is 3.50. The standard InChI is InChI=1S/C20H26N2/c1-16(2)22(19-12-13-21-14-19)15-18-10-6-7-11-20(18)17-8-4-3-5-9-17/h3-11,16,19,21H,12-15H2,1-2H3/t19-/m0/s1. The molecule has 1 atom stereocenters. The summed E-state index contributed by atoms with van der Waals surface area (Å²) in [6.07, 6.45) is 1.26. The van der Waals surface area contributed by atoms with Crippen molar-refractivity contribution in [1.82, 2.24) is 10.2 Å². The van der Waals surface area contributed by atoms with E-state index in [-0.39, 0.29) is 0 Å². The minimum Gasteiger partial charge on any atom is -0.315 e. The van der Waals surface area contributed by atoms with E-state index in [0.29, 0.717) is 12.1 Å². The van der Waals surface area contributed by atoms with E-state index < -0.39 is 0 Å². The Hall–Kier alpha value is -1.64. The highest BCUT2D eigenvalue weighted by atomic mass is 15.2. The molecule has 0 radical (unpaired) electrons. The molecule has 0 amide bonds. The molecule has 1 aliphatic heterocycles. The second kappa shape index (κ2) is 7.08. The molecule has 0 aliphatic carbocycles. The van der Waals surface area contributed by atoms with E-state index in [1.165, 1.54) is 23.1 Å². The quantitative estimate of drug-likeness (QED) is 0.899. The van der Waals surface area contributed by atoms with E-state index in [1.807, 2.05) is 0 Å². The van der Waals surface area contributed by atoms with Gasteiger partial charge in [0, 0.05) is 25.2 Å². The predicted molar refractivity (Wildman–Crippen MR) is 93.8 cm³/mol. The van der Waals surface area contributed by atoms with E-state index >= 15 is 0 Å². The third-order valence-electron chi connectivity index (χ3n) is 4.62. The first kappa shape index (κ1) is 15.3. The maximum atomic E-state index is 3.50. The van der Waals surface area contributed by atoms with Crippen molar-refractivity contribution < 1.29 is 0 Å². The second-order valence-corrected chi connectivity index (χ2v) is 6.44. The first-order valence-electron chi connectivity index (χ1n) is 8.35. The van der Waals surface area contributed by atoms with Crippen LogP contribution in [-0.4, -0.2) is 30.1 Å². The Kier molecular flexibility index (Phi) is 4.91. The van der Waals surface area contributed by atoms with Gasteiger partial charge in [-0.2, -0.15) is 0 Å². The van der Waals surface area contributed by atoms with Crippen molar-refractivity contribution in [2.75, 3.05) is 13.1 Å². The molecule has 1 heterocycles. The Morgan fingerprint density at radius 1 is 1.05 bits per heavy atom. The molecule has 2 aromatic carbocycles. The molecule has 2 heteroatoms. The Bertz CT molecular complexity index is 586. The molecule has 1 aliphatic rings. The van der Waals surface area contributed by atoms with Crippen LogP contribution in [0, 0.1) is 0 Å². The summed E-state index contributed by atoms with van der Waals surface area (Å²) in [4.78, 5) is 2.64. The average Bonchev–Trinajstić information content (AvgIpc) is 3.07. The molecule has 0 spiro atoms. The minimum absolute atomic E-state index is 0.564. The van der Waals surface area contributed by atoms with Crippen LogP contribution < -0.4 is 5.32 Å². The van der Waals surface area contributed by atoms with Crippen molar-refractivity contribution in [3.8, 4) is 11.1 Å². The van der Waals surface area contributed by atoms with Crippen LogP contribution in [-0.2, 0) is 6.54 Å².